The van der Waals surface area contributed by atoms with Crippen LogP contribution in [0.15, 0.2) is 29.3 Å². The lowest BCUT2D eigenvalue weighted by Crippen LogP contribution is -2.41. The second-order valence-corrected chi connectivity index (χ2v) is 6.97. The Bertz CT molecular complexity index is 597. The van der Waals surface area contributed by atoms with Gasteiger partial charge in [-0.2, -0.15) is 0 Å². The molecule has 1 fully saturated rings. The van der Waals surface area contributed by atoms with Crippen LogP contribution in [0.1, 0.15) is 44.7 Å². The van der Waals surface area contributed by atoms with E-state index < -0.39 is 0 Å². The summed E-state index contributed by atoms with van der Waals surface area (Å²) in [5.41, 5.74) is 2.53. The van der Waals surface area contributed by atoms with Gasteiger partial charge in [0.15, 0.2) is 5.96 Å². The van der Waals surface area contributed by atoms with Crippen LogP contribution in [0.3, 0.4) is 0 Å². The standard InChI is InChI=1S/C21H35N5O.HI/c1-4-22-21(24-14-13-23-20(27)19-11-12-19)25-15-17-7-9-18(10-8-17)16-26(5-2)6-3;/h7-10,19H,4-6,11-16H2,1-3H3,(H,23,27)(H2,22,24,25);1H. The smallest absolute Gasteiger partial charge is 0.223 e. The molecule has 1 saturated carbocycles. The van der Waals surface area contributed by atoms with Crippen molar-refractivity contribution in [2.75, 3.05) is 32.7 Å². The van der Waals surface area contributed by atoms with Crippen LogP contribution in [0.4, 0.5) is 0 Å². The second kappa shape index (κ2) is 13.8. The van der Waals surface area contributed by atoms with E-state index in [0.717, 1.165) is 45.0 Å². The van der Waals surface area contributed by atoms with E-state index in [0.29, 0.717) is 19.6 Å². The molecular formula is C21H36IN5O. The van der Waals surface area contributed by atoms with E-state index in [1.54, 1.807) is 0 Å². The van der Waals surface area contributed by atoms with E-state index in [1.165, 1.54) is 11.1 Å². The van der Waals surface area contributed by atoms with Crippen LogP contribution in [0.5, 0.6) is 0 Å². The fraction of sp³-hybridized carbons (Fsp3) is 0.619. The third-order valence-corrected chi connectivity index (χ3v) is 4.75. The summed E-state index contributed by atoms with van der Waals surface area (Å²) in [5, 5.41) is 9.48. The van der Waals surface area contributed by atoms with Crippen LogP contribution in [0.2, 0.25) is 0 Å². The Balaban J connectivity index is 0.00000392. The fourth-order valence-corrected chi connectivity index (χ4v) is 2.82. The van der Waals surface area contributed by atoms with Crippen LogP contribution in [-0.4, -0.2) is 49.5 Å². The summed E-state index contributed by atoms with van der Waals surface area (Å²) >= 11 is 0. The molecule has 3 N–H and O–H groups in total. The maximum absolute atomic E-state index is 11.6. The summed E-state index contributed by atoms with van der Waals surface area (Å²) in [6.07, 6.45) is 2.08. The van der Waals surface area contributed by atoms with E-state index in [2.05, 4.69) is 64.0 Å². The average Bonchev–Trinajstić information content (AvgIpc) is 3.53. The number of carbonyl (C=O) groups is 1. The summed E-state index contributed by atoms with van der Waals surface area (Å²) in [5.74, 6) is 1.23. The quantitative estimate of drug-likeness (QED) is 0.189. The Morgan fingerprint density at radius 1 is 1.00 bits per heavy atom. The van der Waals surface area contributed by atoms with Crippen molar-refractivity contribution in [1.29, 1.82) is 0 Å². The summed E-state index contributed by atoms with van der Waals surface area (Å²) in [6, 6.07) is 8.69. The number of guanidine groups is 1. The molecule has 0 aliphatic heterocycles. The molecule has 0 radical (unpaired) electrons. The van der Waals surface area contributed by atoms with Gasteiger partial charge < -0.3 is 16.0 Å². The molecule has 0 atom stereocenters. The van der Waals surface area contributed by atoms with Crippen molar-refractivity contribution in [3.63, 3.8) is 0 Å². The van der Waals surface area contributed by atoms with E-state index in [4.69, 9.17) is 0 Å². The predicted molar refractivity (Wildman–Crippen MR) is 127 cm³/mol. The number of aliphatic imine (C=N–C) groups is 1. The summed E-state index contributed by atoms with van der Waals surface area (Å²) in [7, 11) is 0. The van der Waals surface area contributed by atoms with E-state index in [9.17, 15) is 4.79 Å². The molecular weight excluding hydrogens is 465 g/mol. The molecule has 1 aromatic rings. The third kappa shape index (κ3) is 9.23. The van der Waals surface area contributed by atoms with Crippen molar-refractivity contribution in [3.05, 3.63) is 35.4 Å². The van der Waals surface area contributed by atoms with Crippen molar-refractivity contribution in [1.82, 2.24) is 20.9 Å². The van der Waals surface area contributed by atoms with Gasteiger partial charge in [-0.15, -0.1) is 24.0 Å². The average molecular weight is 501 g/mol. The number of carbonyl (C=O) groups excluding carboxylic acids is 1. The van der Waals surface area contributed by atoms with Gasteiger partial charge in [-0.3, -0.25) is 9.69 Å². The predicted octanol–water partition coefficient (Wildman–Crippen LogP) is 2.73. The lowest BCUT2D eigenvalue weighted by Gasteiger charge is -2.18. The van der Waals surface area contributed by atoms with Gasteiger partial charge in [0, 0.05) is 32.1 Å². The molecule has 1 aliphatic carbocycles. The number of rotatable bonds is 11. The van der Waals surface area contributed by atoms with Crippen molar-refractivity contribution < 1.29 is 4.79 Å². The highest BCUT2D eigenvalue weighted by molar-refractivity contribution is 14.0. The number of benzene rings is 1. The number of nitrogens with one attached hydrogen (secondary N) is 3. The normalized spacial score (nSPS) is 13.8. The monoisotopic (exact) mass is 501 g/mol. The van der Waals surface area contributed by atoms with Crippen molar-refractivity contribution in [2.24, 2.45) is 10.9 Å². The van der Waals surface area contributed by atoms with Gasteiger partial charge in [-0.05, 0) is 44.0 Å². The number of hydrogen-bond donors (Lipinski definition) is 3. The summed E-state index contributed by atoms with van der Waals surface area (Å²) in [4.78, 5) is 18.7. The van der Waals surface area contributed by atoms with Crippen molar-refractivity contribution in [3.8, 4) is 0 Å². The molecule has 1 amide bonds. The van der Waals surface area contributed by atoms with Gasteiger partial charge in [-0.1, -0.05) is 38.1 Å². The van der Waals surface area contributed by atoms with Gasteiger partial charge in [0.25, 0.3) is 0 Å². The third-order valence-electron chi connectivity index (χ3n) is 4.75. The van der Waals surface area contributed by atoms with Crippen molar-refractivity contribution in [2.45, 2.75) is 46.7 Å². The molecule has 0 aromatic heterocycles. The molecule has 28 heavy (non-hydrogen) atoms. The van der Waals surface area contributed by atoms with Gasteiger partial charge in [0.2, 0.25) is 5.91 Å². The first kappa shape index (κ1) is 24.7. The zero-order chi connectivity index (χ0) is 19.5. The number of halogens is 1. The minimum atomic E-state index is 0. The lowest BCUT2D eigenvalue weighted by molar-refractivity contribution is -0.122. The molecule has 6 nitrogen and oxygen atoms in total. The van der Waals surface area contributed by atoms with E-state index >= 15 is 0 Å². The summed E-state index contributed by atoms with van der Waals surface area (Å²) in [6.45, 7) is 12.3. The molecule has 7 heteroatoms. The molecule has 1 aliphatic rings. The first-order chi connectivity index (χ1) is 13.2. The molecule has 0 saturated heterocycles. The molecule has 0 heterocycles. The zero-order valence-corrected chi connectivity index (χ0v) is 19.8. The molecule has 0 unspecified atom stereocenters. The maximum Gasteiger partial charge on any atom is 0.223 e. The van der Waals surface area contributed by atoms with Crippen LogP contribution >= 0.6 is 24.0 Å². The highest BCUT2D eigenvalue weighted by Crippen LogP contribution is 2.28. The highest BCUT2D eigenvalue weighted by atomic mass is 127. The lowest BCUT2D eigenvalue weighted by atomic mass is 10.1. The minimum Gasteiger partial charge on any atom is -0.357 e. The molecule has 0 bridgehead atoms. The first-order valence-corrected chi connectivity index (χ1v) is 10.3. The van der Waals surface area contributed by atoms with E-state index in [1.807, 2.05) is 6.92 Å². The minimum absolute atomic E-state index is 0. The largest absolute Gasteiger partial charge is 0.357 e. The highest BCUT2D eigenvalue weighted by Gasteiger charge is 2.28. The Labute approximate surface area is 187 Å². The Kier molecular flexibility index (Phi) is 12.1. The fourth-order valence-electron chi connectivity index (χ4n) is 2.82. The summed E-state index contributed by atoms with van der Waals surface area (Å²) < 4.78 is 0. The topological polar surface area (TPSA) is 68.8 Å². The number of amides is 1. The Morgan fingerprint density at radius 2 is 1.61 bits per heavy atom. The number of nitrogens with zero attached hydrogens (tertiary/aromatic N) is 2. The number of hydrogen-bond acceptors (Lipinski definition) is 3. The zero-order valence-electron chi connectivity index (χ0n) is 17.5. The van der Waals surface area contributed by atoms with Crippen molar-refractivity contribution >= 4 is 35.8 Å². The van der Waals surface area contributed by atoms with Gasteiger partial charge in [0.1, 0.15) is 0 Å². The molecule has 1 aromatic carbocycles. The van der Waals surface area contributed by atoms with Gasteiger partial charge >= 0.3 is 0 Å². The Morgan fingerprint density at radius 3 is 2.18 bits per heavy atom. The molecule has 2 rings (SSSR count). The van der Waals surface area contributed by atoms with E-state index in [-0.39, 0.29) is 35.8 Å². The van der Waals surface area contributed by atoms with Crippen LogP contribution < -0.4 is 16.0 Å². The van der Waals surface area contributed by atoms with Crippen LogP contribution in [0.25, 0.3) is 0 Å². The SMILES string of the molecule is CCNC(=NCc1ccc(CN(CC)CC)cc1)NCCNC(=O)C1CC1.I. The van der Waals surface area contributed by atoms with Crippen LogP contribution in [-0.2, 0) is 17.9 Å². The van der Waals surface area contributed by atoms with Gasteiger partial charge in [0.05, 0.1) is 6.54 Å². The first-order valence-electron chi connectivity index (χ1n) is 10.3. The maximum atomic E-state index is 11.6. The van der Waals surface area contributed by atoms with Gasteiger partial charge in [-0.25, -0.2) is 4.99 Å². The Hall–Kier alpha value is -1.35. The second-order valence-electron chi connectivity index (χ2n) is 6.97. The molecule has 0 spiro atoms. The van der Waals surface area contributed by atoms with Crippen LogP contribution in [0, 0.1) is 5.92 Å². The molecule has 158 valence electrons.